The lowest BCUT2D eigenvalue weighted by Gasteiger charge is -2.25. The lowest BCUT2D eigenvalue weighted by Crippen LogP contribution is -2.31. The Balaban J connectivity index is 2.42. The molecule has 1 aliphatic heterocycles. The van der Waals surface area contributed by atoms with Gasteiger partial charge in [0.05, 0.1) is 18.2 Å². The number of carbonyl (C=O) groups is 1. The van der Waals surface area contributed by atoms with Gasteiger partial charge in [0.25, 0.3) is 0 Å². The van der Waals surface area contributed by atoms with Crippen LogP contribution in [0.1, 0.15) is 21.6 Å². The van der Waals surface area contributed by atoms with Crippen molar-refractivity contribution < 1.29 is 14.6 Å². The Morgan fingerprint density at radius 2 is 2.10 bits per heavy atom. The molecule has 0 bridgehead atoms. The molecule has 106 valence electrons. The van der Waals surface area contributed by atoms with E-state index < -0.39 is 5.97 Å². The molecule has 1 aliphatic rings. The van der Waals surface area contributed by atoms with E-state index in [1.54, 1.807) is 7.11 Å². The summed E-state index contributed by atoms with van der Waals surface area (Å²) in [5, 5.41) is 10.4. The van der Waals surface area contributed by atoms with Crippen molar-refractivity contribution in [2.24, 2.45) is 0 Å². The molecule has 3 rings (SSSR count). The molecule has 0 radical (unpaired) electrons. The van der Waals surface area contributed by atoms with Crippen molar-refractivity contribution in [3.8, 4) is 5.75 Å². The minimum atomic E-state index is -0.869. The second-order valence-corrected chi connectivity index (χ2v) is 5.38. The summed E-state index contributed by atoms with van der Waals surface area (Å²) < 4.78 is 7.56. The van der Waals surface area contributed by atoms with Gasteiger partial charge in [-0.25, -0.2) is 4.79 Å². The number of aromatic nitrogens is 1. The van der Waals surface area contributed by atoms with Crippen molar-refractivity contribution in [3.05, 3.63) is 29.0 Å². The summed E-state index contributed by atoms with van der Waals surface area (Å²) in [5.41, 5.74) is 3.19. The highest BCUT2D eigenvalue weighted by atomic mass is 16.5. The molecule has 5 heteroatoms. The maximum atomic E-state index is 11.7. The fourth-order valence-electron chi connectivity index (χ4n) is 3.05. The second kappa shape index (κ2) is 4.52. The van der Waals surface area contributed by atoms with Crippen LogP contribution in [0.4, 0.5) is 0 Å². The Morgan fingerprint density at radius 3 is 2.75 bits per heavy atom. The predicted octanol–water partition coefficient (Wildman–Crippen LogP) is 2.10. The first-order valence-electron chi connectivity index (χ1n) is 6.64. The third-order valence-electron chi connectivity index (χ3n) is 3.93. The van der Waals surface area contributed by atoms with Crippen LogP contribution in [-0.2, 0) is 13.1 Å². The molecule has 0 spiro atoms. The van der Waals surface area contributed by atoms with Crippen molar-refractivity contribution in [2.75, 3.05) is 20.7 Å². The number of methoxy groups -OCH3 is 1. The minimum absolute atomic E-state index is 0.411. The molecule has 0 atom stereocenters. The first-order valence-corrected chi connectivity index (χ1v) is 6.64. The summed E-state index contributed by atoms with van der Waals surface area (Å²) in [7, 11) is 3.64. The molecule has 2 heterocycles. The van der Waals surface area contributed by atoms with Crippen molar-refractivity contribution in [2.45, 2.75) is 20.0 Å². The van der Waals surface area contributed by atoms with E-state index in [2.05, 4.69) is 9.47 Å². The van der Waals surface area contributed by atoms with E-state index in [1.165, 1.54) is 0 Å². The number of hydrogen-bond acceptors (Lipinski definition) is 3. The molecule has 0 amide bonds. The molecule has 1 aromatic carbocycles. The number of carboxylic acid groups (broad SMARTS) is 1. The molecular formula is C15H18N2O3. The Labute approximate surface area is 117 Å². The second-order valence-electron chi connectivity index (χ2n) is 5.38. The maximum Gasteiger partial charge on any atom is 0.338 e. The highest BCUT2D eigenvalue weighted by molar-refractivity contribution is 6.07. The van der Waals surface area contributed by atoms with Crippen LogP contribution in [-0.4, -0.2) is 41.2 Å². The van der Waals surface area contributed by atoms with Crippen LogP contribution in [0.15, 0.2) is 12.1 Å². The Morgan fingerprint density at radius 1 is 1.35 bits per heavy atom. The van der Waals surface area contributed by atoms with Gasteiger partial charge in [0.2, 0.25) is 0 Å². The molecule has 5 nitrogen and oxygen atoms in total. The van der Waals surface area contributed by atoms with Crippen LogP contribution in [0.2, 0.25) is 0 Å². The first kappa shape index (κ1) is 13.0. The van der Waals surface area contributed by atoms with Crippen LogP contribution >= 0.6 is 0 Å². The van der Waals surface area contributed by atoms with Gasteiger partial charge in [-0.2, -0.15) is 0 Å². The molecule has 0 saturated heterocycles. The van der Waals surface area contributed by atoms with Crippen molar-refractivity contribution in [3.63, 3.8) is 0 Å². The van der Waals surface area contributed by atoms with Gasteiger partial charge >= 0.3 is 5.97 Å². The number of carboxylic acids is 1. The van der Waals surface area contributed by atoms with Crippen LogP contribution < -0.4 is 4.74 Å². The molecule has 0 aliphatic carbocycles. The molecule has 2 aromatic rings. The summed E-state index contributed by atoms with van der Waals surface area (Å²) >= 11 is 0. The predicted molar refractivity (Wildman–Crippen MR) is 76.5 cm³/mol. The normalized spacial score (nSPS) is 15.3. The summed E-state index contributed by atoms with van der Waals surface area (Å²) in [6.45, 7) is 4.30. The van der Waals surface area contributed by atoms with Gasteiger partial charge in [0.15, 0.2) is 0 Å². The molecular weight excluding hydrogens is 256 g/mol. The summed E-state index contributed by atoms with van der Waals surface area (Å²) in [5.74, 6) is -0.120. The fraction of sp³-hybridized carbons (Fsp3) is 0.400. The van der Waals surface area contributed by atoms with Crippen molar-refractivity contribution >= 4 is 16.9 Å². The number of nitrogens with zero attached hydrogens (tertiary/aromatic N) is 2. The largest absolute Gasteiger partial charge is 0.495 e. The first-order chi connectivity index (χ1) is 9.52. The molecule has 1 N–H and O–H groups in total. The number of ether oxygens (including phenoxy) is 1. The van der Waals surface area contributed by atoms with Gasteiger partial charge in [-0.3, -0.25) is 4.90 Å². The molecule has 0 saturated carbocycles. The fourth-order valence-corrected chi connectivity index (χ4v) is 3.05. The number of aryl methyl sites for hydroxylation is 1. The van der Waals surface area contributed by atoms with Gasteiger partial charge in [-0.15, -0.1) is 0 Å². The quantitative estimate of drug-likeness (QED) is 0.911. The highest BCUT2D eigenvalue weighted by Crippen LogP contribution is 2.36. The number of rotatable bonds is 2. The average Bonchev–Trinajstić information content (AvgIpc) is 2.70. The SMILES string of the molecule is COc1cc(C)cc2c(C(=O)O)c3n(c12)CCN(C)C3. The summed E-state index contributed by atoms with van der Waals surface area (Å²) in [6.07, 6.45) is 0. The minimum Gasteiger partial charge on any atom is -0.495 e. The van der Waals surface area contributed by atoms with Gasteiger partial charge in [-0.05, 0) is 31.7 Å². The van der Waals surface area contributed by atoms with E-state index in [1.807, 2.05) is 26.1 Å². The molecule has 0 unspecified atom stereocenters. The van der Waals surface area contributed by atoms with Crippen LogP contribution in [0.25, 0.3) is 10.9 Å². The monoisotopic (exact) mass is 274 g/mol. The third kappa shape index (κ3) is 1.78. The third-order valence-corrected chi connectivity index (χ3v) is 3.93. The van der Waals surface area contributed by atoms with Crippen molar-refractivity contribution in [1.82, 2.24) is 9.47 Å². The molecule has 1 aromatic heterocycles. The average molecular weight is 274 g/mol. The Hall–Kier alpha value is -2.01. The Kier molecular flexibility index (Phi) is 2.94. The number of benzene rings is 1. The highest BCUT2D eigenvalue weighted by Gasteiger charge is 2.27. The lowest BCUT2D eigenvalue weighted by molar-refractivity contribution is 0.0695. The smallest absolute Gasteiger partial charge is 0.338 e. The van der Waals surface area contributed by atoms with E-state index in [-0.39, 0.29) is 0 Å². The number of likely N-dealkylation sites (N-methyl/N-ethyl adjacent to an activating group) is 1. The van der Waals surface area contributed by atoms with Crippen molar-refractivity contribution in [1.29, 1.82) is 0 Å². The number of fused-ring (bicyclic) bond motifs is 3. The topological polar surface area (TPSA) is 54.7 Å². The molecule has 0 fully saturated rings. The van der Waals surface area contributed by atoms with Gasteiger partial charge in [-0.1, -0.05) is 0 Å². The maximum absolute atomic E-state index is 11.7. The summed E-state index contributed by atoms with van der Waals surface area (Å²) in [4.78, 5) is 13.8. The van der Waals surface area contributed by atoms with Gasteiger partial charge in [0.1, 0.15) is 5.75 Å². The van der Waals surface area contributed by atoms with E-state index in [9.17, 15) is 9.90 Å². The number of hydrogen-bond donors (Lipinski definition) is 1. The van der Waals surface area contributed by atoms with Crippen LogP contribution in [0, 0.1) is 6.92 Å². The zero-order valence-corrected chi connectivity index (χ0v) is 11.9. The lowest BCUT2D eigenvalue weighted by atomic mass is 10.1. The van der Waals surface area contributed by atoms with Crippen LogP contribution in [0.5, 0.6) is 5.75 Å². The van der Waals surface area contributed by atoms with E-state index >= 15 is 0 Å². The zero-order chi connectivity index (χ0) is 14.4. The summed E-state index contributed by atoms with van der Waals surface area (Å²) in [6, 6.07) is 3.90. The number of aromatic carboxylic acids is 1. The van der Waals surface area contributed by atoms with Gasteiger partial charge < -0.3 is 14.4 Å². The van der Waals surface area contributed by atoms with Crippen LogP contribution in [0.3, 0.4) is 0 Å². The Bertz CT molecular complexity index is 703. The van der Waals surface area contributed by atoms with E-state index in [4.69, 9.17) is 4.74 Å². The standard InChI is InChI=1S/C15H18N2O3/c1-9-6-10-13(15(18)19)11-8-16(2)4-5-17(11)14(10)12(7-9)20-3/h6-7H,4-5,8H2,1-3H3,(H,18,19). The zero-order valence-electron chi connectivity index (χ0n) is 11.9. The van der Waals surface area contributed by atoms with Gasteiger partial charge in [0, 0.05) is 30.7 Å². The molecule has 20 heavy (non-hydrogen) atoms. The van der Waals surface area contributed by atoms with E-state index in [0.717, 1.165) is 41.0 Å². The van der Waals surface area contributed by atoms with E-state index in [0.29, 0.717) is 12.1 Å².